The molecule has 1 aromatic heterocycles. The summed E-state index contributed by atoms with van der Waals surface area (Å²) in [5.41, 5.74) is 0.877. The van der Waals surface area contributed by atoms with Crippen LogP contribution in [-0.2, 0) is 0 Å². The number of carboxylic acid groups (broad SMARTS) is 1. The molecule has 0 aliphatic carbocycles. The zero-order chi connectivity index (χ0) is 25.3. The maximum Gasteiger partial charge on any atom is 0.335 e. The van der Waals surface area contributed by atoms with Crippen LogP contribution < -0.4 is 5.43 Å². The zero-order valence-electron chi connectivity index (χ0n) is 17.2. The first-order chi connectivity index (χ1) is 16.7. The first-order valence-electron chi connectivity index (χ1n) is 9.66. The standard InChI is InChI=1S/C23H12F6N4O2/c24-13-3-6-15(16(25)7-13)21-12(9-30-31-22-19(28)17(26)8-18(27)20(22)29)10-33(32-21)14-4-1-11(2-5-14)23(34)35/h1-10,31H,(H,34,35)/b30-9+. The number of benzene rings is 3. The lowest BCUT2D eigenvalue weighted by molar-refractivity contribution is 0.0697. The fourth-order valence-electron chi connectivity index (χ4n) is 3.10. The summed E-state index contributed by atoms with van der Waals surface area (Å²) in [6.07, 6.45) is 2.27. The van der Waals surface area contributed by atoms with Crippen LogP contribution in [0.25, 0.3) is 16.9 Å². The maximum absolute atomic E-state index is 14.5. The van der Waals surface area contributed by atoms with Gasteiger partial charge in [-0.25, -0.2) is 35.8 Å². The monoisotopic (exact) mass is 490 g/mol. The van der Waals surface area contributed by atoms with Crippen molar-refractivity contribution in [1.29, 1.82) is 0 Å². The highest BCUT2D eigenvalue weighted by molar-refractivity contribution is 5.89. The van der Waals surface area contributed by atoms with Crippen molar-refractivity contribution in [3.8, 4) is 16.9 Å². The van der Waals surface area contributed by atoms with Gasteiger partial charge in [-0.3, -0.25) is 5.43 Å². The Bertz CT molecular complexity index is 1440. The normalized spacial score (nSPS) is 11.3. The third kappa shape index (κ3) is 4.71. The molecule has 2 N–H and O–H groups in total. The van der Waals surface area contributed by atoms with Crippen molar-refractivity contribution >= 4 is 17.9 Å². The highest BCUT2D eigenvalue weighted by Crippen LogP contribution is 2.27. The molecule has 0 amide bonds. The van der Waals surface area contributed by atoms with Gasteiger partial charge in [-0.15, -0.1) is 0 Å². The predicted molar refractivity (Wildman–Crippen MR) is 113 cm³/mol. The molecule has 0 saturated carbocycles. The number of rotatable bonds is 6. The molecule has 35 heavy (non-hydrogen) atoms. The van der Waals surface area contributed by atoms with Crippen LogP contribution in [0.3, 0.4) is 0 Å². The van der Waals surface area contributed by atoms with E-state index in [1.165, 1.54) is 35.1 Å². The number of aromatic carboxylic acids is 1. The van der Waals surface area contributed by atoms with E-state index in [1.54, 1.807) is 0 Å². The Morgan fingerprint density at radius 3 is 2.17 bits per heavy atom. The number of hydrogen-bond donors (Lipinski definition) is 2. The van der Waals surface area contributed by atoms with Crippen LogP contribution in [-0.4, -0.2) is 27.1 Å². The molecule has 4 aromatic rings. The van der Waals surface area contributed by atoms with Crippen LogP contribution in [0.5, 0.6) is 0 Å². The number of anilines is 1. The zero-order valence-corrected chi connectivity index (χ0v) is 17.2. The van der Waals surface area contributed by atoms with Crippen molar-refractivity contribution in [2.24, 2.45) is 5.10 Å². The molecule has 0 spiro atoms. The Morgan fingerprint density at radius 1 is 0.914 bits per heavy atom. The highest BCUT2D eigenvalue weighted by Gasteiger charge is 2.19. The highest BCUT2D eigenvalue weighted by atomic mass is 19.2. The molecule has 0 radical (unpaired) electrons. The molecule has 178 valence electrons. The molecule has 0 aliphatic heterocycles. The number of nitrogens with zero attached hydrogens (tertiary/aromatic N) is 3. The van der Waals surface area contributed by atoms with Crippen molar-refractivity contribution in [3.05, 3.63) is 101 Å². The number of hydrogen-bond acceptors (Lipinski definition) is 4. The smallest absolute Gasteiger partial charge is 0.335 e. The summed E-state index contributed by atoms with van der Waals surface area (Å²) in [6.45, 7) is 0. The number of halogens is 6. The molecule has 12 heteroatoms. The van der Waals surface area contributed by atoms with Crippen LogP contribution in [0.4, 0.5) is 32.0 Å². The second-order valence-corrected chi connectivity index (χ2v) is 7.07. The van der Waals surface area contributed by atoms with Gasteiger partial charge < -0.3 is 5.11 Å². The van der Waals surface area contributed by atoms with Crippen molar-refractivity contribution in [3.63, 3.8) is 0 Å². The van der Waals surface area contributed by atoms with E-state index in [4.69, 9.17) is 5.11 Å². The number of carboxylic acids is 1. The van der Waals surface area contributed by atoms with Gasteiger partial charge in [0, 0.05) is 29.5 Å². The van der Waals surface area contributed by atoms with Crippen LogP contribution in [0, 0.1) is 34.9 Å². The van der Waals surface area contributed by atoms with Crippen LogP contribution >= 0.6 is 0 Å². The van der Waals surface area contributed by atoms with Gasteiger partial charge in [0.1, 0.15) is 23.0 Å². The Labute approximate surface area is 192 Å². The van der Waals surface area contributed by atoms with Crippen LogP contribution in [0.2, 0.25) is 0 Å². The summed E-state index contributed by atoms with van der Waals surface area (Å²) < 4.78 is 83.6. The minimum atomic E-state index is -1.71. The van der Waals surface area contributed by atoms with Gasteiger partial charge in [0.25, 0.3) is 0 Å². The van der Waals surface area contributed by atoms with Crippen molar-refractivity contribution in [2.75, 3.05) is 5.43 Å². The summed E-state index contributed by atoms with van der Waals surface area (Å²) in [5, 5.41) is 16.8. The topological polar surface area (TPSA) is 79.5 Å². The minimum Gasteiger partial charge on any atom is -0.478 e. The quantitative estimate of drug-likeness (QED) is 0.162. The molecule has 1 heterocycles. The molecule has 6 nitrogen and oxygen atoms in total. The number of hydrazone groups is 1. The lowest BCUT2D eigenvalue weighted by Crippen LogP contribution is -2.02. The molecule has 0 unspecified atom stereocenters. The summed E-state index contributed by atoms with van der Waals surface area (Å²) in [6, 6.07) is 8.19. The first kappa shape index (κ1) is 23.5. The summed E-state index contributed by atoms with van der Waals surface area (Å²) in [5.74, 6) is -9.67. The van der Waals surface area contributed by atoms with Crippen LogP contribution in [0.15, 0.2) is 59.8 Å². The van der Waals surface area contributed by atoms with E-state index < -0.39 is 46.6 Å². The average Bonchev–Trinajstić information content (AvgIpc) is 3.24. The first-order valence-corrected chi connectivity index (χ1v) is 9.66. The molecule has 0 bridgehead atoms. The molecule has 4 rings (SSSR count). The Kier molecular flexibility index (Phi) is 6.28. The fourth-order valence-corrected chi connectivity index (χ4v) is 3.10. The fraction of sp³-hybridized carbons (Fsp3) is 0. The van der Waals surface area contributed by atoms with E-state index >= 15 is 0 Å². The Hall–Kier alpha value is -4.61. The van der Waals surface area contributed by atoms with E-state index in [9.17, 15) is 31.1 Å². The van der Waals surface area contributed by atoms with Gasteiger partial charge in [0.2, 0.25) is 0 Å². The van der Waals surface area contributed by atoms with Gasteiger partial charge in [-0.05, 0) is 36.4 Å². The molecule has 0 fully saturated rings. The number of aromatic nitrogens is 2. The molecular weight excluding hydrogens is 478 g/mol. The van der Waals surface area contributed by atoms with Crippen LogP contribution in [0.1, 0.15) is 15.9 Å². The second-order valence-electron chi connectivity index (χ2n) is 7.07. The van der Waals surface area contributed by atoms with Gasteiger partial charge in [0.15, 0.2) is 23.3 Å². The van der Waals surface area contributed by atoms with Crippen molar-refractivity contribution in [2.45, 2.75) is 0 Å². The number of nitrogens with one attached hydrogen (secondary N) is 1. The van der Waals surface area contributed by atoms with Gasteiger partial charge >= 0.3 is 5.97 Å². The molecule has 0 aliphatic rings. The van der Waals surface area contributed by atoms with E-state index in [-0.39, 0.29) is 28.5 Å². The van der Waals surface area contributed by atoms with Crippen molar-refractivity contribution < 1.29 is 36.2 Å². The predicted octanol–water partition coefficient (Wildman–Crippen LogP) is 5.52. The Balaban J connectivity index is 1.76. The summed E-state index contributed by atoms with van der Waals surface area (Å²) in [7, 11) is 0. The Morgan fingerprint density at radius 2 is 1.57 bits per heavy atom. The largest absolute Gasteiger partial charge is 0.478 e. The van der Waals surface area contributed by atoms with E-state index in [1.807, 2.05) is 5.43 Å². The third-order valence-electron chi connectivity index (χ3n) is 4.80. The molecule has 3 aromatic carbocycles. The SMILES string of the molecule is O=C(O)c1ccc(-n2cc(/C=N/Nc3c(F)c(F)cc(F)c3F)c(-c3ccc(F)cc3F)n2)cc1. The van der Waals surface area contributed by atoms with Crippen molar-refractivity contribution in [1.82, 2.24) is 9.78 Å². The minimum absolute atomic E-state index is 0.00285. The van der Waals surface area contributed by atoms with Gasteiger partial charge in [-0.2, -0.15) is 10.2 Å². The number of carbonyl (C=O) groups is 1. The van der Waals surface area contributed by atoms with E-state index in [2.05, 4.69) is 10.2 Å². The van der Waals surface area contributed by atoms with E-state index in [0.717, 1.165) is 18.3 Å². The molecular formula is C23H12F6N4O2. The van der Waals surface area contributed by atoms with Gasteiger partial charge in [-0.1, -0.05) is 0 Å². The summed E-state index contributed by atoms with van der Waals surface area (Å²) >= 11 is 0. The molecule has 0 saturated heterocycles. The molecule has 0 atom stereocenters. The second kappa shape index (κ2) is 9.33. The third-order valence-corrected chi connectivity index (χ3v) is 4.80. The lowest BCUT2D eigenvalue weighted by Gasteiger charge is -2.05. The van der Waals surface area contributed by atoms with E-state index in [0.29, 0.717) is 11.8 Å². The van der Waals surface area contributed by atoms with Gasteiger partial charge in [0.05, 0.1) is 17.5 Å². The lowest BCUT2D eigenvalue weighted by atomic mass is 10.1. The summed E-state index contributed by atoms with van der Waals surface area (Å²) in [4.78, 5) is 11.1. The maximum atomic E-state index is 14.5. The average molecular weight is 490 g/mol.